The van der Waals surface area contributed by atoms with Gasteiger partial charge in [-0.1, -0.05) is 24.3 Å². The summed E-state index contributed by atoms with van der Waals surface area (Å²) in [6, 6.07) is 10.9. The van der Waals surface area contributed by atoms with Crippen LogP contribution in [-0.2, 0) is 19.0 Å². The van der Waals surface area contributed by atoms with Crippen molar-refractivity contribution in [1.29, 1.82) is 0 Å². The smallest absolute Gasteiger partial charge is 0.480 e. The number of carbonyl (C=O) groups excluding carboxylic acids is 3. The normalized spacial score (nSPS) is 13.7. The number of hydrogen-bond donors (Lipinski definition) is 2. The highest BCUT2D eigenvalue weighted by Gasteiger charge is 2.31. The van der Waals surface area contributed by atoms with Crippen molar-refractivity contribution in [2.24, 2.45) is 5.73 Å². The van der Waals surface area contributed by atoms with Gasteiger partial charge in [-0.15, -0.1) is 0 Å². The van der Waals surface area contributed by atoms with Crippen LogP contribution in [0.3, 0.4) is 0 Å². The van der Waals surface area contributed by atoms with Crippen molar-refractivity contribution in [3.8, 4) is 17.2 Å². The zero-order valence-corrected chi connectivity index (χ0v) is 24.2. The number of para-hydroxylation sites is 1. The lowest BCUT2D eigenvalue weighted by Crippen LogP contribution is -2.38. The molecule has 2 aromatic rings. The van der Waals surface area contributed by atoms with Crippen LogP contribution in [-0.4, -0.2) is 52.9 Å². The average molecular weight is 576 g/mol. The van der Waals surface area contributed by atoms with E-state index in [4.69, 9.17) is 34.2 Å². The molecule has 2 unspecified atom stereocenters. The van der Waals surface area contributed by atoms with Crippen molar-refractivity contribution in [2.75, 3.05) is 0 Å². The number of rotatable bonds is 9. The first-order chi connectivity index (χ1) is 18.9. The lowest BCUT2D eigenvalue weighted by molar-refractivity contribution is -0.139. The maximum atomic E-state index is 12.5. The largest absolute Gasteiger partial charge is 0.514 e. The standard InChI is InChI=1S/C29H37NO11/c1-17(36-25(33)37-19-11-9-8-10-12-19)15-20(23(30)24(31)32)18-13-14-21(38-26(34)40-28(2,3)4)22(16-18)39-27(35)41-29(5,6)7/h8-14,16-17,20,23H,15,30H2,1-7H3,(H,31,32)/t17?,20?,23-/m0/s1. The Kier molecular flexibility index (Phi) is 11.1. The van der Waals surface area contributed by atoms with E-state index in [1.807, 2.05) is 0 Å². The second-order valence-corrected chi connectivity index (χ2v) is 11.1. The third-order valence-electron chi connectivity index (χ3n) is 5.11. The van der Waals surface area contributed by atoms with Gasteiger partial charge in [0.25, 0.3) is 0 Å². The van der Waals surface area contributed by atoms with Crippen molar-refractivity contribution in [1.82, 2.24) is 0 Å². The highest BCUT2D eigenvalue weighted by Crippen LogP contribution is 2.35. The number of carboxylic acid groups (broad SMARTS) is 1. The topological polar surface area (TPSA) is 170 Å². The molecule has 0 spiro atoms. The van der Waals surface area contributed by atoms with Crippen LogP contribution in [0, 0.1) is 0 Å². The molecule has 0 aliphatic carbocycles. The molecule has 41 heavy (non-hydrogen) atoms. The van der Waals surface area contributed by atoms with Crippen LogP contribution in [0.1, 0.15) is 66.4 Å². The Balaban J connectivity index is 2.35. The lowest BCUT2D eigenvalue weighted by Gasteiger charge is -2.25. The highest BCUT2D eigenvalue weighted by molar-refractivity contribution is 5.75. The summed E-state index contributed by atoms with van der Waals surface area (Å²) in [5.41, 5.74) is 4.55. The van der Waals surface area contributed by atoms with Gasteiger partial charge in [0, 0.05) is 5.92 Å². The fourth-order valence-corrected chi connectivity index (χ4v) is 3.48. The van der Waals surface area contributed by atoms with E-state index in [2.05, 4.69) is 0 Å². The minimum atomic E-state index is -1.45. The van der Waals surface area contributed by atoms with Crippen molar-refractivity contribution < 1.29 is 52.7 Å². The quantitative estimate of drug-likeness (QED) is 0.209. The van der Waals surface area contributed by atoms with Gasteiger partial charge in [0.05, 0.1) is 0 Å². The summed E-state index contributed by atoms with van der Waals surface area (Å²) in [5.74, 6) is -2.43. The van der Waals surface area contributed by atoms with Crippen LogP contribution in [0.4, 0.5) is 14.4 Å². The van der Waals surface area contributed by atoms with E-state index >= 15 is 0 Å². The minimum absolute atomic E-state index is 0.0461. The summed E-state index contributed by atoms with van der Waals surface area (Å²) in [7, 11) is 0. The van der Waals surface area contributed by atoms with E-state index in [0.29, 0.717) is 5.56 Å². The Morgan fingerprint density at radius 2 is 1.32 bits per heavy atom. The van der Waals surface area contributed by atoms with Crippen LogP contribution >= 0.6 is 0 Å². The fraction of sp³-hybridized carbons (Fsp3) is 0.448. The number of benzene rings is 2. The molecule has 12 heteroatoms. The first-order valence-corrected chi connectivity index (χ1v) is 12.8. The molecular formula is C29H37NO11. The Bertz CT molecular complexity index is 1220. The zero-order valence-electron chi connectivity index (χ0n) is 24.2. The maximum Gasteiger partial charge on any atom is 0.514 e. The first kappa shape index (κ1) is 32.9. The second kappa shape index (κ2) is 13.8. The van der Waals surface area contributed by atoms with E-state index in [-0.39, 0.29) is 23.7 Å². The predicted molar refractivity (Wildman–Crippen MR) is 146 cm³/mol. The van der Waals surface area contributed by atoms with Crippen LogP contribution < -0.4 is 19.9 Å². The van der Waals surface area contributed by atoms with E-state index in [1.165, 1.54) is 18.2 Å². The number of carboxylic acids is 1. The molecule has 0 aliphatic rings. The molecule has 0 saturated heterocycles. The van der Waals surface area contributed by atoms with E-state index in [9.17, 15) is 24.3 Å². The van der Waals surface area contributed by atoms with Crippen LogP contribution in [0.2, 0.25) is 0 Å². The maximum absolute atomic E-state index is 12.5. The molecule has 3 N–H and O–H groups in total. The molecule has 0 aromatic heterocycles. The molecule has 0 aliphatic heterocycles. The Hall–Kier alpha value is -4.32. The van der Waals surface area contributed by atoms with Gasteiger partial charge in [-0.3, -0.25) is 4.79 Å². The number of aliphatic carboxylic acids is 1. The molecule has 0 radical (unpaired) electrons. The molecule has 0 saturated carbocycles. The highest BCUT2D eigenvalue weighted by atomic mass is 16.8. The Morgan fingerprint density at radius 1 is 0.780 bits per heavy atom. The molecule has 0 heterocycles. The molecule has 0 amide bonds. The molecule has 2 aromatic carbocycles. The van der Waals surface area contributed by atoms with E-state index in [1.54, 1.807) is 78.8 Å². The van der Waals surface area contributed by atoms with Crippen molar-refractivity contribution >= 4 is 24.4 Å². The SMILES string of the molecule is CC(CC(c1ccc(OC(=O)OC(C)(C)C)c(OC(=O)OC(C)(C)C)c1)[C@H](N)C(=O)O)OC(=O)Oc1ccccc1. The van der Waals surface area contributed by atoms with Gasteiger partial charge < -0.3 is 39.3 Å². The summed E-state index contributed by atoms with van der Waals surface area (Å²) < 4.78 is 31.4. The van der Waals surface area contributed by atoms with Crippen molar-refractivity contribution in [3.63, 3.8) is 0 Å². The predicted octanol–water partition coefficient (Wildman–Crippen LogP) is 5.80. The van der Waals surface area contributed by atoms with Gasteiger partial charge in [0.1, 0.15) is 29.1 Å². The summed E-state index contributed by atoms with van der Waals surface area (Å²) in [4.78, 5) is 48.9. The fourth-order valence-electron chi connectivity index (χ4n) is 3.48. The van der Waals surface area contributed by atoms with Gasteiger partial charge in [0.2, 0.25) is 0 Å². The molecule has 2 rings (SSSR count). The van der Waals surface area contributed by atoms with Gasteiger partial charge in [0.15, 0.2) is 11.5 Å². The van der Waals surface area contributed by atoms with Crippen LogP contribution in [0.25, 0.3) is 0 Å². The molecular weight excluding hydrogens is 538 g/mol. The molecule has 12 nitrogen and oxygen atoms in total. The Labute approximate surface area is 238 Å². The van der Waals surface area contributed by atoms with Gasteiger partial charge >= 0.3 is 24.4 Å². The summed E-state index contributed by atoms with van der Waals surface area (Å²) in [6.07, 6.45) is -4.02. The van der Waals surface area contributed by atoms with Gasteiger partial charge in [-0.25, -0.2) is 14.4 Å². The van der Waals surface area contributed by atoms with Crippen molar-refractivity contribution in [3.05, 3.63) is 54.1 Å². The molecule has 0 bridgehead atoms. The number of ether oxygens (including phenoxy) is 6. The number of nitrogens with two attached hydrogens (primary N) is 1. The minimum Gasteiger partial charge on any atom is -0.480 e. The first-order valence-electron chi connectivity index (χ1n) is 12.8. The van der Waals surface area contributed by atoms with Gasteiger partial charge in [-0.05, 0) is 84.7 Å². The number of hydrogen-bond acceptors (Lipinski definition) is 11. The monoisotopic (exact) mass is 575 g/mol. The lowest BCUT2D eigenvalue weighted by atomic mass is 9.87. The number of carbonyl (C=O) groups is 4. The molecule has 224 valence electrons. The summed E-state index contributed by atoms with van der Waals surface area (Å²) in [5, 5.41) is 9.68. The van der Waals surface area contributed by atoms with Gasteiger partial charge in [-0.2, -0.15) is 0 Å². The second-order valence-electron chi connectivity index (χ2n) is 11.1. The molecule has 3 atom stereocenters. The summed E-state index contributed by atoms with van der Waals surface area (Å²) in [6.45, 7) is 11.4. The van der Waals surface area contributed by atoms with E-state index < -0.39 is 53.7 Å². The van der Waals surface area contributed by atoms with E-state index in [0.717, 1.165) is 0 Å². The van der Waals surface area contributed by atoms with Crippen molar-refractivity contribution in [2.45, 2.75) is 84.2 Å². The molecule has 0 fully saturated rings. The summed E-state index contributed by atoms with van der Waals surface area (Å²) >= 11 is 0. The third kappa shape index (κ3) is 11.8. The third-order valence-corrected chi connectivity index (χ3v) is 5.11. The average Bonchev–Trinajstić information content (AvgIpc) is 2.81. The van der Waals surface area contributed by atoms with Crippen LogP contribution in [0.5, 0.6) is 17.2 Å². The van der Waals surface area contributed by atoms with Crippen LogP contribution in [0.15, 0.2) is 48.5 Å². The Morgan fingerprint density at radius 3 is 1.83 bits per heavy atom. The zero-order chi connectivity index (χ0) is 31.0.